The average molecular weight is 439 g/mol. The van der Waals surface area contributed by atoms with E-state index in [-0.39, 0.29) is 18.0 Å². The number of aryl methyl sites for hydroxylation is 1. The first-order valence-electron chi connectivity index (χ1n) is 10.3. The third-order valence-electron chi connectivity index (χ3n) is 5.37. The van der Waals surface area contributed by atoms with Crippen LogP contribution in [0.1, 0.15) is 21.6 Å². The minimum Gasteiger partial charge on any atom is -0.456 e. The maximum atomic E-state index is 13.4. The standard InChI is InChI=1S/C26H18FN3O3/c1-16-5-4-12-30-24(31)13-19(28-25(16)30)15-33-26(32)21-14-23(17-8-10-18(27)11-9-17)29-22-7-3-2-6-20(21)22/h2-14H,15H2,1H3. The number of rotatable bonds is 4. The summed E-state index contributed by atoms with van der Waals surface area (Å²) in [6.45, 7) is 1.71. The van der Waals surface area contributed by atoms with Crippen LogP contribution < -0.4 is 5.56 Å². The summed E-state index contributed by atoms with van der Waals surface area (Å²) >= 11 is 0. The zero-order valence-corrected chi connectivity index (χ0v) is 17.7. The minimum absolute atomic E-state index is 0.151. The van der Waals surface area contributed by atoms with Crippen LogP contribution in [0.15, 0.2) is 83.8 Å². The van der Waals surface area contributed by atoms with Crippen LogP contribution >= 0.6 is 0 Å². The van der Waals surface area contributed by atoms with Crippen molar-refractivity contribution in [2.45, 2.75) is 13.5 Å². The number of nitrogens with zero attached hydrogens (tertiary/aromatic N) is 3. The van der Waals surface area contributed by atoms with Crippen molar-refractivity contribution in [2.24, 2.45) is 0 Å². The predicted molar refractivity (Wildman–Crippen MR) is 122 cm³/mol. The average Bonchev–Trinajstić information content (AvgIpc) is 2.83. The van der Waals surface area contributed by atoms with Gasteiger partial charge >= 0.3 is 5.97 Å². The highest BCUT2D eigenvalue weighted by Crippen LogP contribution is 2.26. The molecular weight excluding hydrogens is 421 g/mol. The number of benzene rings is 2. The Labute approximate surface area is 187 Å². The number of esters is 1. The van der Waals surface area contributed by atoms with Gasteiger partial charge in [-0.15, -0.1) is 0 Å². The highest BCUT2D eigenvalue weighted by atomic mass is 19.1. The number of fused-ring (bicyclic) bond motifs is 2. The van der Waals surface area contributed by atoms with Crippen LogP contribution in [0, 0.1) is 12.7 Å². The lowest BCUT2D eigenvalue weighted by molar-refractivity contribution is 0.0470. The summed E-state index contributed by atoms with van der Waals surface area (Å²) in [5, 5.41) is 0.635. The molecule has 0 radical (unpaired) electrons. The number of hydrogen-bond acceptors (Lipinski definition) is 5. The van der Waals surface area contributed by atoms with Crippen molar-refractivity contribution < 1.29 is 13.9 Å². The van der Waals surface area contributed by atoms with Crippen molar-refractivity contribution in [3.8, 4) is 11.3 Å². The van der Waals surface area contributed by atoms with Gasteiger partial charge in [-0.05, 0) is 55.0 Å². The molecule has 0 saturated heterocycles. The molecule has 6 nitrogen and oxygen atoms in total. The molecule has 0 amide bonds. The molecule has 0 N–H and O–H groups in total. The molecule has 0 aliphatic heterocycles. The number of hydrogen-bond donors (Lipinski definition) is 0. The number of carbonyl (C=O) groups excluding carboxylic acids is 1. The summed E-state index contributed by atoms with van der Waals surface area (Å²) in [7, 11) is 0. The molecule has 0 spiro atoms. The number of carbonyl (C=O) groups is 1. The molecule has 33 heavy (non-hydrogen) atoms. The number of halogens is 1. The second-order valence-corrected chi connectivity index (χ2v) is 7.63. The third-order valence-corrected chi connectivity index (χ3v) is 5.37. The quantitative estimate of drug-likeness (QED) is 0.379. The third kappa shape index (κ3) is 3.96. The molecule has 3 heterocycles. The van der Waals surface area contributed by atoms with Gasteiger partial charge in [0.2, 0.25) is 0 Å². The molecule has 2 aromatic carbocycles. The fourth-order valence-electron chi connectivity index (χ4n) is 3.71. The first kappa shape index (κ1) is 20.5. The molecular formula is C26H18FN3O3. The second-order valence-electron chi connectivity index (χ2n) is 7.63. The number of ether oxygens (including phenoxy) is 1. The zero-order valence-electron chi connectivity index (χ0n) is 17.7. The van der Waals surface area contributed by atoms with Gasteiger partial charge in [-0.2, -0.15) is 0 Å². The van der Waals surface area contributed by atoms with Crippen molar-refractivity contribution in [1.29, 1.82) is 0 Å². The lowest BCUT2D eigenvalue weighted by Gasteiger charge is -2.11. The van der Waals surface area contributed by atoms with E-state index in [0.29, 0.717) is 39.1 Å². The number of para-hydroxylation sites is 1. The van der Waals surface area contributed by atoms with Gasteiger partial charge in [-0.25, -0.2) is 19.2 Å². The fourth-order valence-corrected chi connectivity index (χ4v) is 3.71. The number of pyridine rings is 2. The topological polar surface area (TPSA) is 73.6 Å². The highest BCUT2D eigenvalue weighted by molar-refractivity contribution is 6.04. The molecule has 0 saturated carbocycles. The fraction of sp³-hybridized carbons (Fsp3) is 0.0769. The van der Waals surface area contributed by atoms with Gasteiger partial charge in [0, 0.05) is 23.2 Å². The molecule has 0 bridgehead atoms. The maximum Gasteiger partial charge on any atom is 0.339 e. The lowest BCUT2D eigenvalue weighted by Crippen LogP contribution is -2.17. The molecule has 0 fully saturated rings. The van der Waals surface area contributed by atoms with E-state index in [2.05, 4.69) is 9.97 Å². The van der Waals surface area contributed by atoms with Gasteiger partial charge in [0.15, 0.2) is 0 Å². The van der Waals surface area contributed by atoms with Crippen LogP contribution in [0.3, 0.4) is 0 Å². The van der Waals surface area contributed by atoms with E-state index < -0.39 is 5.97 Å². The van der Waals surface area contributed by atoms with Gasteiger partial charge in [0.05, 0.1) is 22.5 Å². The van der Waals surface area contributed by atoms with E-state index in [0.717, 1.165) is 5.56 Å². The van der Waals surface area contributed by atoms with Gasteiger partial charge in [0.25, 0.3) is 5.56 Å². The molecule has 0 unspecified atom stereocenters. The summed E-state index contributed by atoms with van der Waals surface area (Å²) in [6.07, 6.45) is 1.65. The summed E-state index contributed by atoms with van der Waals surface area (Å²) in [5.41, 5.74) is 3.62. The van der Waals surface area contributed by atoms with Crippen molar-refractivity contribution >= 4 is 22.5 Å². The van der Waals surface area contributed by atoms with Crippen LogP contribution in [0.2, 0.25) is 0 Å². The maximum absolute atomic E-state index is 13.4. The molecule has 3 aromatic heterocycles. The predicted octanol–water partition coefficient (Wildman–Crippen LogP) is 4.71. The molecule has 0 aliphatic rings. The molecule has 0 atom stereocenters. The Morgan fingerprint density at radius 3 is 2.61 bits per heavy atom. The largest absolute Gasteiger partial charge is 0.456 e. The van der Waals surface area contributed by atoms with Crippen molar-refractivity contribution in [3.05, 3.63) is 112 Å². The summed E-state index contributed by atoms with van der Waals surface area (Å²) in [6, 6.07) is 19.7. The normalized spacial score (nSPS) is 11.1. The van der Waals surface area contributed by atoms with E-state index in [1.54, 1.807) is 42.6 Å². The summed E-state index contributed by atoms with van der Waals surface area (Å²) in [5.74, 6) is -0.919. The van der Waals surface area contributed by atoms with Crippen molar-refractivity contribution in [2.75, 3.05) is 0 Å². The summed E-state index contributed by atoms with van der Waals surface area (Å²) in [4.78, 5) is 34.6. The molecule has 5 rings (SSSR count). The smallest absolute Gasteiger partial charge is 0.339 e. The van der Waals surface area contributed by atoms with E-state index in [9.17, 15) is 14.0 Å². The van der Waals surface area contributed by atoms with Crippen LogP contribution in [0.25, 0.3) is 27.8 Å². The first-order valence-corrected chi connectivity index (χ1v) is 10.3. The Hall–Kier alpha value is -4.39. The van der Waals surface area contributed by atoms with Gasteiger partial charge in [-0.1, -0.05) is 24.3 Å². The minimum atomic E-state index is -0.566. The molecule has 7 heteroatoms. The van der Waals surface area contributed by atoms with E-state index in [1.165, 1.54) is 22.6 Å². The monoisotopic (exact) mass is 439 g/mol. The number of aromatic nitrogens is 3. The van der Waals surface area contributed by atoms with Crippen LogP contribution in [-0.2, 0) is 11.3 Å². The second kappa shape index (κ2) is 8.27. The van der Waals surface area contributed by atoms with E-state index in [1.807, 2.05) is 25.1 Å². The van der Waals surface area contributed by atoms with Crippen molar-refractivity contribution in [1.82, 2.24) is 14.4 Å². The Bertz CT molecular complexity index is 1580. The summed E-state index contributed by atoms with van der Waals surface area (Å²) < 4.78 is 20.3. The van der Waals surface area contributed by atoms with Crippen molar-refractivity contribution in [3.63, 3.8) is 0 Å². The SMILES string of the molecule is Cc1cccn2c(=O)cc(COC(=O)c3cc(-c4ccc(F)cc4)nc4ccccc34)nc12. The molecule has 162 valence electrons. The van der Waals surface area contributed by atoms with E-state index in [4.69, 9.17) is 4.74 Å². The molecule has 0 aliphatic carbocycles. The Morgan fingerprint density at radius 2 is 1.79 bits per heavy atom. The van der Waals surface area contributed by atoms with Crippen LogP contribution in [0.5, 0.6) is 0 Å². The Kier molecular flexibility index (Phi) is 5.14. The molecule has 5 aromatic rings. The highest BCUT2D eigenvalue weighted by Gasteiger charge is 2.16. The van der Waals surface area contributed by atoms with Gasteiger partial charge in [0.1, 0.15) is 18.1 Å². The van der Waals surface area contributed by atoms with Crippen LogP contribution in [0.4, 0.5) is 4.39 Å². The van der Waals surface area contributed by atoms with E-state index >= 15 is 0 Å². The zero-order chi connectivity index (χ0) is 22.9. The van der Waals surface area contributed by atoms with Gasteiger partial charge in [-0.3, -0.25) is 9.20 Å². The van der Waals surface area contributed by atoms with Crippen LogP contribution in [-0.4, -0.2) is 20.3 Å². The van der Waals surface area contributed by atoms with Gasteiger partial charge < -0.3 is 4.74 Å². The Balaban J connectivity index is 1.49. The Morgan fingerprint density at radius 1 is 1.00 bits per heavy atom. The lowest BCUT2D eigenvalue weighted by atomic mass is 10.0. The first-order chi connectivity index (χ1) is 16.0.